The van der Waals surface area contributed by atoms with Crippen LogP contribution in [0.2, 0.25) is 0 Å². The van der Waals surface area contributed by atoms with Crippen molar-refractivity contribution >= 4 is 16.8 Å². The lowest BCUT2D eigenvalue weighted by Gasteiger charge is -2.03. The Kier molecular flexibility index (Phi) is 8.39. The summed E-state index contributed by atoms with van der Waals surface area (Å²) in [5.41, 5.74) is 1.27. The zero-order valence-corrected chi connectivity index (χ0v) is 12.1. The summed E-state index contributed by atoms with van der Waals surface area (Å²) in [6.07, 6.45) is 5.07. The summed E-state index contributed by atoms with van der Waals surface area (Å²) in [5.74, 6) is 0.814. The molecule has 0 bridgehead atoms. The van der Waals surface area contributed by atoms with Gasteiger partial charge < -0.3 is 22.3 Å². The Morgan fingerprint density at radius 3 is 2.44 bits per heavy atom. The van der Waals surface area contributed by atoms with Crippen LogP contribution in [0.1, 0.15) is 5.56 Å². The average molecular weight is 304 g/mol. The van der Waals surface area contributed by atoms with E-state index in [9.17, 15) is 4.79 Å². The van der Waals surface area contributed by atoms with Crippen molar-refractivity contribution in [1.29, 1.82) is 0 Å². The summed E-state index contributed by atoms with van der Waals surface area (Å²) in [6.45, 7) is 0.736. The molecule has 0 aromatic heterocycles. The summed E-state index contributed by atoms with van der Waals surface area (Å²) in [5, 5.41) is 2.93. The van der Waals surface area contributed by atoms with Gasteiger partial charge in [-0.3, -0.25) is 4.79 Å². The molecule has 0 aliphatic heterocycles. The largest absolute Gasteiger partial charge is 1.00 e. The highest BCUT2D eigenvalue weighted by Gasteiger charge is 2.09. The summed E-state index contributed by atoms with van der Waals surface area (Å²) < 4.78 is 0. The van der Waals surface area contributed by atoms with Crippen molar-refractivity contribution in [2.45, 2.75) is 6.42 Å². The molecule has 0 spiro atoms. The van der Waals surface area contributed by atoms with Gasteiger partial charge in [-0.15, -0.1) is 0 Å². The Morgan fingerprint density at radius 1 is 1.25 bits per heavy atom. The van der Waals surface area contributed by atoms with Gasteiger partial charge in [0.15, 0.2) is 5.75 Å². The molecule has 0 saturated heterocycles. The van der Waals surface area contributed by atoms with Crippen molar-refractivity contribution < 1.29 is 21.8 Å². The molecule has 1 amide bonds. The number of carbonyl (C=O) groups excluding carboxylic acids is 1. The summed E-state index contributed by atoms with van der Waals surface area (Å²) in [4.78, 5) is 11.3. The number of hydrogen-bond donors (Lipinski definition) is 1. The van der Waals surface area contributed by atoms with Gasteiger partial charge in [-0.1, -0.05) is 30.3 Å². The highest BCUT2D eigenvalue weighted by Crippen LogP contribution is 1.98. The Balaban J connectivity index is 0.00000225. The van der Waals surface area contributed by atoms with E-state index in [2.05, 4.69) is 30.0 Å². The van der Waals surface area contributed by atoms with Crippen molar-refractivity contribution in [2.75, 3.05) is 24.8 Å². The minimum absolute atomic E-state index is 0. The predicted molar refractivity (Wildman–Crippen MR) is 67.2 cm³/mol. The van der Waals surface area contributed by atoms with Gasteiger partial charge in [0.1, 0.15) is 0 Å². The van der Waals surface area contributed by atoms with Crippen LogP contribution in [0, 0.1) is 0 Å². The molecular weight excluding hydrogens is 286 g/mol. The Morgan fingerprint density at radius 2 is 1.88 bits per heavy atom. The van der Waals surface area contributed by atoms with Crippen molar-refractivity contribution in [1.82, 2.24) is 5.32 Å². The molecule has 0 saturated carbocycles. The topological polar surface area (TPSA) is 29.1 Å². The Labute approximate surface area is 111 Å². The van der Waals surface area contributed by atoms with Crippen molar-refractivity contribution in [3.05, 3.63) is 35.9 Å². The summed E-state index contributed by atoms with van der Waals surface area (Å²) in [7, 11) is 0.194. The molecule has 1 aromatic carbocycles. The van der Waals surface area contributed by atoms with Crippen LogP contribution in [-0.2, 0) is 22.1 Å². The van der Waals surface area contributed by atoms with Crippen LogP contribution in [0.25, 0.3) is 0 Å². The van der Waals surface area contributed by atoms with Crippen LogP contribution in [-0.4, -0.2) is 30.7 Å². The van der Waals surface area contributed by atoms with E-state index in [1.807, 2.05) is 18.2 Å². The second-order valence-electron chi connectivity index (χ2n) is 3.72. The SMILES string of the molecule is C[S+](C)CC(=O)NCCc1ccccc1.[Br-]. The van der Waals surface area contributed by atoms with Gasteiger partial charge in [-0.2, -0.15) is 0 Å². The fourth-order valence-corrected chi connectivity index (χ4v) is 1.93. The molecule has 1 aromatic rings. The molecule has 0 fully saturated rings. The first kappa shape index (κ1) is 15.5. The van der Waals surface area contributed by atoms with Crippen LogP contribution in [0.3, 0.4) is 0 Å². The molecule has 0 aliphatic rings. The smallest absolute Gasteiger partial charge is 0.269 e. The average Bonchev–Trinajstić information content (AvgIpc) is 2.18. The van der Waals surface area contributed by atoms with Crippen LogP contribution in [0.4, 0.5) is 0 Å². The number of halogens is 1. The maximum absolute atomic E-state index is 11.3. The van der Waals surface area contributed by atoms with Crippen molar-refractivity contribution in [3.63, 3.8) is 0 Å². The second-order valence-corrected chi connectivity index (χ2v) is 5.98. The predicted octanol–water partition coefficient (Wildman–Crippen LogP) is -1.77. The Bertz CT molecular complexity index is 303. The molecule has 90 valence electrons. The first-order chi connectivity index (χ1) is 7.18. The quantitative estimate of drug-likeness (QED) is 0.641. The van der Waals surface area contributed by atoms with Gasteiger partial charge in [0.2, 0.25) is 0 Å². The molecule has 1 N–H and O–H groups in total. The minimum Gasteiger partial charge on any atom is -1.00 e. The molecule has 0 unspecified atom stereocenters. The van der Waals surface area contributed by atoms with Crippen LogP contribution in [0.15, 0.2) is 30.3 Å². The summed E-state index contributed by atoms with van der Waals surface area (Å²) >= 11 is 0. The number of benzene rings is 1. The number of nitrogens with one attached hydrogen (secondary N) is 1. The molecular formula is C12H18BrNOS. The monoisotopic (exact) mass is 303 g/mol. The number of rotatable bonds is 5. The first-order valence-corrected chi connectivity index (χ1v) is 7.24. The molecule has 0 radical (unpaired) electrons. The molecule has 16 heavy (non-hydrogen) atoms. The summed E-state index contributed by atoms with van der Waals surface area (Å²) in [6, 6.07) is 10.2. The van der Waals surface area contributed by atoms with E-state index in [0.717, 1.165) is 13.0 Å². The second kappa shape index (κ2) is 8.65. The highest BCUT2D eigenvalue weighted by atomic mass is 79.9. The molecule has 4 heteroatoms. The van der Waals surface area contributed by atoms with Gasteiger partial charge in [0, 0.05) is 6.54 Å². The standard InChI is InChI=1S/C12H17NOS.BrH/c1-15(2)10-12(14)13-9-8-11-6-4-3-5-7-11;/h3-7H,8-10H2,1-2H3;1H. The van der Waals surface area contributed by atoms with Gasteiger partial charge in [-0.05, 0) is 22.9 Å². The third-order valence-electron chi connectivity index (χ3n) is 2.00. The zero-order valence-electron chi connectivity index (χ0n) is 9.70. The third kappa shape index (κ3) is 6.90. The highest BCUT2D eigenvalue weighted by molar-refractivity contribution is 7.96. The lowest BCUT2D eigenvalue weighted by atomic mass is 10.1. The van der Waals surface area contributed by atoms with E-state index in [4.69, 9.17) is 0 Å². The fraction of sp³-hybridized carbons (Fsp3) is 0.417. The maximum Gasteiger partial charge on any atom is 0.269 e. The van der Waals surface area contributed by atoms with Crippen LogP contribution >= 0.6 is 0 Å². The number of amides is 1. The lowest BCUT2D eigenvalue weighted by molar-refractivity contribution is -0.118. The molecule has 0 atom stereocenters. The van der Waals surface area contributed by atoms with Gasteiger partial charge in [-0.25, -0.2) is 0 Å². The van der Waals surface area contributed by atoms with Gasteiger partial charge >= 0.3 is 0 Å². The molecule has 0 heterocycles. The maximum atomic E-state index is 11.3. The van der Waals surface area contributed by atoms with Crippen molar-refractivity contribution in [3.8, 4) is 0 Å². The minimum atomic E-state index is 0. The molecule has 2 nitrogen and oxygen atoms in total. The van der Waals surface area contributed by atoms with E-state index >= 15 is 0 Å². The normalized spacial score (nSPS) is 9.69. The first-order valence-electron chi connectivity index (χ1n) is 5.03. The number of carbonyl (C=O) groups is 1. The third-order valence-corrected chi connectivity index (χ3v) is 2.84. The van der Waals surface area contributed by atoms with Crippen LogP contribution in [0.5, 0.6) is 0 Å². The van der Waals surface area contributed by atoms with E-state index in [1.54, 1.807) is 0 Å². The van der Waals surface area contributed by atoms with Crippen LogP contribution < -0.4 is 22.3 Å². The lowest BCUT2D eigenvalue weighted by Crippen LogP contribution is -3.00. The number of hydrogen-bond acceptors (Lipinski definition) is 1. The molecule has 1 rings (SSSR count). The molecule has 0 aliphatic carbocycles. The van der Waals surface area contributed by atoms with E-state index in [1.165, 1.54) is 5.56 Å². The van der Waals surface area contributed by atoms with E-state index in [-0.39, 0.29) is 33.8 Å². The zero-order chi connectivity index (χ0) is 11.1. The van der Waals surface area contributed by atoms with E-state index in [0.29, 0.717) is 5.75 Å². The van der Waals surface area contributed by atoms with Crippen molar-refractivity contribution in [2.24, 2.45) is 0 Å². The Hall–Kier alpha value is -0.480. The van der Waals surface area contributed by atoms with E-state index < -0.39 is 0 Å². The fourth-order valence-electron chi connectivity index (χ4n) is 1.30. The van der Waals surface area contributed by atoms with Gasteiger partial charge in [0.25, 0.3) is 5.91 Å². The van der Waals surface area contributed by atoms with Gasteiger partial charge in [0.05, 0.1) is 12.5 Å².